The Kier molecular flexibility index (Phi) is 5.60. The number of hydrazine groups is 1. The molecule has 0 spiro atoms. The summed E-state index contributed by atoms with van der Waals surface area (Å²) in [6.07, 6.45) is 1.69. The van der Waals surface area contributed by atoms with Gasteiger partial charge in [-0.15, -0.1) is 0 Å². The maximum atomic E-state index is 12.0. The van der Waals surface area contributed by atoms with Crippen LogP contribution in [0.4, 0.5) is 5.69 Å². The Labute approximate surface area is 156 Å². The minimum atomic E-state index is -0.355. The minimum absolute atomic E-state index is 0.157. The van der Waals surface area contributed by atoms with Crippen LogP contribution in [-0.2, 0) is 4.79 Å². The first-order valence-corrected chi connectivity index (χ1v) is 8.42. The summed E-state index contributed by atoms with van der Waals surface area (Å²) in [4.78, 5) is 16.2. The monoisotopic (exact) mass is 366 g/mol. The number of carbonyl (C=O) groups excluding carboxylic acids is 1. The minimum Gasteiger partial charge on any atom is -0.481 e. The van der Waals surface area contributed by atoms with Crippen LogP contribution in [0.25, 0.3) is 10.9 Å². The number of anilines is 1. The summed E-state index contributed by atoms with van der Waals surface area (Å²) in [7, 11) is 0. The third-order valence-corrected chi connectivity index (χ3v) is 3.75. The topological polar surface area (TPSA) is 75.3 Å². The molecule has 0 unspecified atom stereocenters. The van der Waals surface area contributed by atoms with Crippen LogP contribution in [-0.4, -0.2) is 22.6 Å². The Morgan fingerprint density at radius 2 is 1.92 bits per heavy atom. The Hall–Kier alpha value is -3.19. The van der Waals surface area contributed by atoms with Crippen LogP contribution in [0.2, 0.25) is 0 Å². The van der Waals surface area contributed by atoms with E-state index in [1.54, 1.807) is 12.3 Å². The van der Waals surface area contributed by atoms with Gasteiger partial charge in [0.1, 0.15) is 11.3 Å². The average Bonchev–Trinajstić information content (AvgIpc) is 2.64. The molecule has 0 atom stereocenters. The van der Waals surface area contributed by atoms with Crippen molar-refractivity contribution in [2.45, 2.75) is 6.92 Å². The molecule has 2 aromatic carbocycles. The molecule has 0 fully saturated rings. The Morgan fingerprint density at radius 1 is 1.12 bits per heavy atom. The van der Waals surface area contributed by atoms with E-state index in [1.165, 1.54) is 0 Å². The van der Waals surface area contributed by atoms with Crippen LogP contribution in [0, 0.1) is 6.92 Å². The summed E-state index contributed by atoms with van der Waals surface area (Å²) in [5.74, 6) is 0.199. The number of amides is 1. The molecule has 0 saturated heterocycles. The molecule has 1 aromatic heterocycles. The predicted octanol–water partition coefficient (Wildman–Crippen LogP) is 2.94. The summed E-state index contributed by atoms with van der Waals surface area (Å²) < 4.78 is 5.57. The molecule has 0 radical (unpaired) electrons. The molecule has 3 N–H and O–H groups in total. The summed E-state index contributed by atoms with van der Waals surface area (Å²) in [6, 6.07) is 17.1. The average molecular weight is 366 g/mol. The van der Waals surface area contributed by atoms with Crippen LogP contribution in [0.3, 0.4) is 0 Å². The van der Waals surface area contributed by atoms with E-state index >= 15 is 0 Å². The lowest BCUT2D eigenvalue weighted by molar-refractivity contribution is -0.123. The number of rotatable bonds is 4. The number of carbonyl (C=O) groups is 1. The number of thiocarbonyl (C=S) groups is 1. The Bertz CT molecular complexity index is 940. The van der Waals surface area contributed by atoms with E-state index in [2.05, 4.69) is 21.2 Å². The second-order valence-corrected chi connectivity index (χ2v) is 6.02. The standard InChI is InChI=1S/C19H18N4O2S/c1-13-5-2-8-15(11-13)21-19(26)23-22-17(24)12-25-16-9-3-6-14-7-4-10-20-18(14)16/h2-11H,12H2,1H3,(H,22,24)(H2,21,23,26). The van der Waals surface area contributed by atoms with Gasteiger partial charge in [-0.1, -0.05) is 30.3 Å². The lowest BCUT2D eigenvalue weighted by Gasteiger charge is -2.13. The number of hydrogen-bond donors (Lipinski definition) is 3. The van der Waals surface area contributed by atoms with E-state index in [0.717, 1.165) is 16.6 Å². The van der Waals surface area contributed by atoms with Crippen molar-refractivity contribution in [3.63, 3.8) is 0 Å². The number of hydrogen-bond acceptors (Lipinski definition) is 4. The maximum Gasteiger partial charge on any atom is 0.276 e. The van der Waals surface area contributed by atoms with Crippen molar-refractivity contribution in [2.24, 2.45) is 0 Å². The van der Waals surface area contributed by atoms with Gasteiger partial charge in [0, 0.05) is 17.3 Å². The molecule has 1 amide bonds. The smallest absolute Gasteiger partial charge is 0.276 e. The van der Waals surface area contributed by atoms with E-state index in [9.17, 15) is 4.79 Å². The molecule has 0 aliphatic carbocycles. The molecule has 132 valence electrons. The summed E-state index contributed by atoms with van der Waals surface area (Å²) in [5, 5.41) is 4.23. The molecule has 0 aliphatic heterocycles. The zero-order valence-corrected chi connectivity index (χ0v) is 15.0. The molecular formula is C19H18N4O2S. The van der Waals surface area contributed by atoms with Crippen molar-refractivity contribution in [1.29, 1.82) is 0 Å². The third-order valence-electron chi connectivity index (χ3n) is 3.55. The number of nitrogens with one attached hydrogen (secondary N) is 3. The Morgan fingerprint density at radius 3 is 2.77 bits per heavy atom. The van der Waals surface area contributed by atoms with Crippen LogP contribution >= 0.6 is 12.2 Å². The number of ether oxygens (including phenoxy) is 1. The van der Waals surface area contributed by atoms with Crippen molar-refractivity contribution in [2.75, 3.05) is 11.9 Å². The Balaban J connectivity index is 1.49. The highest BCUT2D eigenvalue weighted by molar-refractivity contribution is 7.80. The molecule has 3 aromatic rings. The molecule has 7 heteroatoms. The first kappa shape index (κ1) is 17.6. The van der Waals surface area contributed by atoms with Gasteiger partial charge < -0.3 is 10.1 Å². The number of para-hydroxylation sites is 1. The molecule has 26 heavy (non-hydrogen) atoms. The van der Waals surface area contributed by atoms with Gasteiger partial charge in [-0.25, -0.2) is 0 Å². The van der Waals surface area contributed by atoms with Crippen molar-refractivity contribution >= 4 is 39.8 Å². The normalized spacial score (nSPS) is 10.2. The van der Waals surface area contributed by atoms with Crippen LogP contribution in [0.1, 0.15) is 5.56 Å². The lowest BCUT2D eigenvalue weighted by Crippen LogP contribution is -2.45. The van der Waals surface area contributed by atoms with Gasteiger partial charge in [-0.2, -0.15) is 0 Å². The fourth-order valence-electron chi connectivity index (χ4n) is 2.38. The summed E-state index contributed by atoms with van der Waals surface area (Å²) >= 11 is 5.15. The molecule has 0 bridgehead atoms. The van der Waals surface area contributed by atoms with E-state index in [4.69, 9.17) is 17.0 Å². The first-order chi connectivity index (χ1) is 12.6. The van der Waals surface area contributed by atoms with E-state index in [-0.39, 0.29) is 17.6 Å². The van der Waals surface area contributed by atoms with E-state index in [1.807, 2.05) is 55.5 Å². The molecule has 3 rings (SSSR count). The number of benzene rings is 2. The van der Waals surface area contributed by atoms with Crippen molar-refractivity contribution in [3.05, 3.63) is 66.4 Å². The van der Waals surface area contributed by atoms with Crippen molar-refractivity contribution in [1.82, 2.24) is 15.8 Å². The number of nitrogens with zero attached hydrogens (tertiary/aromatic N) is 1. The van der Waals surface area contributed by atoms with Crippen LogP contribution in [0.15, 0.2) is 60.8 Å². The molecule has 0 aliphatic rings. The van der Waals surface area contributed by atoms with E-state index < -0.39 is 0 Å². The number of fused-ring (bicyclic) bond motifs is 1. The number of pyridine rings is 1. The van der Waals surface area contributed by atoms with Crippen molar-refractivity contribution in [3.8, 4) is 5.75 Å². The predicted molar refractivity (Wildman–Crippen MR) is 106 cm³/mol. The molecule has 1 heterocycles. The largest absolute Gasteiger partial charge is 0.481 e. The van der Waals surface area contributed by atoms with Crippen LogP contribution < -0.4 is 20.9 Å². The van der Waals surface area contributed by atoms with Gasteiger partial charge in [0.15, 0.2) is 11.7 Å². The van der Waals surface area contributed by atoms with Gasteiger partial charge in [-0.3, -0.25) is 20.6 Å². The quantitative estimate of drug-likeness (QED) is 0.487. The van der Waals surface area contributed by atoms with Gasteiger partial charge in [0.05, 0.1) is 0 Å². The summed E-state index contributed by atoms with van der Waals surface area (Å²) in [6.45, 7) is 1.83. The zero-order chi connectivity index (χ0) is 18.4. The van der Waals surface area contributed by atoms with E-state index in [0.29, 0.717) is 11.3 Å². The SMILES string of the molecule is Cc1cccc(NC(=S)NNC(=O)COc2cccc3cccnc23)c1. The van der Waals surface area contributed by atoms with Gasteiger partial charge in [0.2, 0.25) is 0 Å². The van der Waals surface area contributed by atoms with Gasteiger partial charge >= 0.3 is 0 Å². The molecule has 0 saturated carbocycles. The highest BCUT2D eigenvalue weighted by Crippen LogP contribution is 2.22. The fourth-order valence-corrected chi connectivity index (χ4v) is 2.55. The fraction of sp³-hybridized carbons (Fsp3) is 0.105. The lowest BCUT2D eigenvalue weighted by atomic mass is 10.2. The molecule has 6 nitrogen and oxygen atoms in total. The van der Waals surface area contributed by atoms with Crippen LogP contribution in [0.5, 0.6) is 5.75 Å². The number of aromatic nitrogens is 1. The maximum absolute atomic E-state index is 12.0. The summed E-state index contributed by atoms with van der Waals surface area (Å²) in [5.41, 5.74) is 7.81. The number of aryl methyl sites for hydroxylation is 1. The second-order valence-electron chi connectivity index (χ2n) is 5.62. The zero-order valence-electron chi connectivity index (χ0n) is 14.2. The third kappa shape index (κ3) is 4.67. The van der Waals surface area contributed by atoms with Gasteiger partial charge in [-0.05, 0) is 49.0 Å². The highest BCUT2D eigenvalue weighted by Gasteiger charge is 2.07. The molecular weight excluding hydrogens is 348 g/mol. The van der Waals surface area contributed by atoms with Crippen molar-refractivity contribution < 1.29 is 9.53 Å². The second kappa shape index (κ2) is 8.26. The van der Waals surface area contributed by atoms with Gasteiger partial charge in [0.25, 0.3) is 5.91 Å². The highest BCUT2D eigenvalue weighted by atomic mass is 32.1. The first-order valence-electron chi connectivity index (χ1n) is 8.01.